The first-order valence-corrected chi connectivity index (χ1v) is 8.19. The highest BCUT2D eigenvalue weighted by Crippen LogP contribution is 2.39. The van der Waals surface area contributed by atoms with Crippen LogP contribution in [0, 0.1) is 17.2 Å². The molecule has 1 aromatic carbocycles. The fourth-order valence-electron chi connectivity index (χ4n) is 3.65. The molecule has 24 heavy (non-hydrogen) atoms. The van der Waals surface area contributed by atoms with Gasteiger partial charge in [0.25, 0.3) is 0 Å². The second kappa shape index (κ2) is 5.95. The van der Waals surface area contributed by atoms with Crippen molar-refractivity contribution in [3.05, 3.63) is 35.0 Å². The fourth-order valence-corrected chi connectivity index (χ4v) is 3.92. The monoisotopic (exact) mass is 343 g/mol. The van der Waals surface area contributed by atoms with Gasteiger partial charge in [0.1, 0.15) is 0 Å². The number of amides is 1. The first-order chi connectivity index (χ1) is 11.4. The number of nitrogens with one attached hydrogen (secondary N) is 1. The molecule has 1 amide bonds. The summed E-state index contributed by atoms with van der Waals surface area (Å²) in [6.45, 7) is 3.91. The van der Waals surface area contributed by atoms with Crippen LogP contribution in [0.3, 0.4) is 0 Å². The molecule has 0 spiro atoms. The maximum atomic E-state index is 12.5. The Labute approximate surface area is 145 Å². The van der Waals surface area contributed by atoms with Crippen LogP contribution < -0.4 is 5.32 Å². The minimum Gasteiger partial charge on any atom is -0.351 e. The highest BCUT2D eigenvalue weighted by atomic mass is 35.5. The Balaban J connectivity index is 2.20. The Bertz CT molecular complexity index is 863. The molecule has 3 rings (SSSR count). The summed E-state index contributed by atoms with van der Waals surface area (Å²) in [5, 5.41) is 13.6. The van der Waals surface area contributed by atoms with Crippen LogP contribution in [-0.4, -0.2) is 22.3 Å². The third-order valence-electron chi connectivity index (χ3n) is 4.59. The van der Waals surface area contributed by atoms with Crippen LogP contribution in [-0.2, 0) is 4.79 Å². The van der Waals surface area contributed by atoms with E-state index >= 15 is 0 Å². The van der Waals surface area contributed by atoms with E-state index in [-0.39, 0.29) is 23.8 Å². The molecule has 0 bridgehead atoms. The lowest BCUT2D eigenvalue weighted by molar-refractivity contribution is -0.123. The zero-order valence-corrected chi connectivity index (χ0v) is 14.3. The fraction of sp³-hybridized carbons (Fsp3) is 0.389. The highest BCUT2D eigenvalue weighted by Gasteiger charge is 2.43. The van der Waals surface area contributed by atoms with Gasteiger partial charge in [-0.15, -0.1) is 0 Å². The van der Waals surface area contributed by atoms with E-state index in [1.54, 1.807) is 16.7 Å². The number of carbonyl (C=O) groups excluding carboxylic acids is 2. The minimum absolute atomic E-state index is 0.0917. The van der Waals surface area contributed by atoms with Gasteiger partial charge in [-0.2, -0.15) is 5.26 Å². The highest BCUT2D eigenvalue weighted by molar-refractivity contribution is 6.35. The van der Waals surface area contributed by atoms with E-state index in [1.807, 2.05) is 26.0 Å². The molecule has 1 aliphatic heterocycles. The number of halogens is 1. The second-order valence-electron chi connectivity index (χ2n) is 6.85. The average molecular weight is 344 g/mol. The first kappa shape index (κ1) is 16.5. The van der Waals surface area contributed by atoms with Gasteiger partial charge in [0.2, 0.25) is 5.91 Å². The quantitative estimate of drug-likeness (QED) is 0.863. The molecule has 2 unspecified atom stereocenters. The van der Waals surface area contributed by atoms with Crippen LogP contribution >= 0.6 is 11.6 Å². The lowest BCUT2D eigenvalue weighted by Gasteiger charge is -2.24. The lowest BCUT2D eigenvalue weighted by Crippen LogP contribution is -2.35. The molecule has 0 radical (unpaired) electrons. The van der Waals surface area contributed by atoms with Gasteiger partial charge >= 0.3 is 0 Å². The predicted octanol–water partition coefficient (Wildman–Crippen LogP) is 3.48. The number of carbonyl (C=O) groups is 2. The van der Waals surface area contributed by atoms with E-state index < -0.39 is 6.04 Å². The maximum absolute atomic E-state index is 12.5. The molecule has 2 atom stereocenters. The van der Waals surface area contributed by atoms with Crippen LogP contribution in [0.4, 0.5) is 0 Å². The molecular weight excluding hydrogens is 326 g/mol. The van der Waals surface area contributed by atoms with Crippen LogP contribution in [0.2, 0.25) is 5.02 Å². The average Bonchev–Trinajstić information content (AvgIpc) is 3.02. The third-order valence-corrected chi connectivity index (χ3v) is 4.89. The standard InChI is InChI=1S/C18H18ClN3O2/c1-18(2)9-13(17(24)21-18)15(6-7-20)22-12(10-23)8-11-4-3-5-14(19)16(11)22/h3-5,8,10,13,15H,6,9H2,1-2H3,(H,21,24). The Morgan fingerprint density at radius 1 is 1.54 bits per heavy atom. The molecule has 2 heterocycles. The van der Waals surface area contributed by atoms with Crippen molar-refractivity contribution < 1.29 is 9.59 Å². The van der Waals surface area contributed by atoms with E-state index in [0.717, 1.165) is 11.7 Å². The van der Waals surface area contributed by atoms with E-state index in [2.05, 4.69) is 11.4 Å². The topological polar surface area (TPSA) is 74.9 Å². The van der Waals surface area contributed by atoms with E-state index in [1.165, 1.54) is 0 Å². The summed E-state index contributed by atoms with van der Waals surface area (Å²) in [5.41, 5.74) is 0.790. The van der Waals surface area contributed by atoms with Crippen molar-refractivity contribution in [2.75, 3.05) is 0 Å². The summed E-state index contributed by atoms with van der Waals surface area (Å²) in [4.78, 5) is 24.1. The molecular formula is C18H18ClN3O2. The molecule has 6 heteroatoms. The first-order valence-electron chi connectivity index (χ1n) is 7.81. The number of fused-ring (bicyclic) bond motifs is 1. The van der Waals surface area contributed by atoms with Crippen LogP contribution in [0.15, 0.2) is 24.3 Å². The van der Waals surface area contributed by atoms with E-state index in [4.69, 9.17) is 11.6 Å². The van der Waals surface area contributed by atoms with Crippen LogP contribution in [0.25, 0.3) is 10.9 Å². The summed E-state index contributed by atoms with van der Waals surface area (Å²) in [7, 11) is 0. The predicted molar refractivity (Wildman–Crippen MR) is 91.9 cm³/mol. The number of nitriles is 1. The summed E-state index contributed by atoms with van der Waals surface area (Å²) in [6, 6.07) is 8.90. The number of aromatic nitrogens is 1. The van der Waals surface area contributed by atoms with Crippen molar-refractivity contribution in [3.63, 3.8) is 0 Å². The van der Waals surface area contributed by atoms with Gasteiger partial charge < -0.3 is 9.88 Å². The number of para-hydroxylation sites is 1. The number of rotatable bonds is 4. The Hall–Kier alpha value is -2.32. The second-order valence-corrected chi connectivity index (χ2v) is 7.26. The summed E-state index contributed by atoms with van der Waals surface area (Å²) < 4.78 is 1.76. The van der Waals surface area contributed by atoms with Crippen LogP contribution in [0.5, 0.6) is 0 Å². The third kappa shape index (κ3) is 2.67. The zero-order chi connectivity index (χ0) is 17.5. The summed E-state index contributed by atoms with van der Waals surface area (Å²) >= 11 is 6.36. The van der Waals surface area contributed by atoms with Crippen molar-refractivity contribution >= 4 is 34.7 Å². The number of nitrogens with zero attached hydrogens (tertiary/aromatic N) is 2. The molecule has 1 fully saturated rings. The van der Waals surface area contributed by atoms with Gasteiger partial charge in [0.15, 0.2) is 6.29 Å². The largest absolute Gasteiger partial charge is 0.351 e. The van der Waals surface area contributed by atoms with E-state index in [0.29, 0.717) is 22.7 Å². The minimum atomic E-state index is -0.436. The van der Waals surface area contributed by atoms with E-state index in [9.17, 15) is 14.9 Å². The van der Waals surface area contributed by atoms with Crippen molar-refractivity contribution in [3.8, 4) is 6.07 Å². The summed E-state index contributed by atoms with van der Waals surface area (Å²) in [5.74, 6) is -0.476. The number of hydrogen-bond donors (Lipinski definition) is 1. The lowest BCUT2D eigenvalue weighted by atomic mass is 9.89. The zero-order valence-electron chi connectivity index (χ0n) is 13.5. The Morgan fingerprint density at radius 2 is 2.29 bits per heavy atom. The van der Waals surface area contributed by atoms with Gasteiger partial charge in [-0.05, 0) is 32.4 Å². The molecule has 124 valence electrons. The molecule has 2 aromatic rings. The maximum Gasteiger partial charge on any atom is 0.225 e. The molecule has 1 aliphatic rings. The SMILES string of the molecule is CC1(C)CC(C(CC#N)n2c(C=O)cc3cccc(Cl)c32)C(=O)N1. The molecule has 1 aromatic heterocycles. The Morgan fingerprint density at radius 3 is 2.88 bits per heavy atom. The molecule has 1 saturated heterocycles. The van der Waals surface area contributed by atoms with Crippen molar-refractivity contribution in [2.24, 2.45) is 5.92 Å². The number of hydrogen-bond acceptors (Lipinski definition) is 3. The van der Waals surface area contributed by atoms with Crippen molar-refractivity contribution in [1.82, 2.24) is 9.88 Å². The van der Waals surface area contributed by atoms with Gasteiger partial charge in [0, 0.05) is 10.9 Å². The van der Waals surface area contributed by atoms with Gasteiger partial charge in [-0.25, -0.2) is 0 Å². The molecule has 0 aliphatic carbocycles. The molecule has 0 saturated carbocycles. The summed E-state index contributed by atoms with van der Waals surface area (Å²) in [6.07, 6.45) is 1.48. The normalized spacial score (nSPS) is 20.6. The smallest absolute Gasteiger partial charge is 0.225 e. The molecule has 1 N–H and O–H groups in total. The number of benzene rings is 1. The van der Waals surface area contributed by atoms with Gasteiger partial charge in [-0.3, -0.25) is 9.59 Å². The molecule has 5 nitrogen and oxygen atoms in total. The van der Waals surface area contributed by atoms with Gasteiger partial charge in [-0.1, -0.05) is 23.7 Å². The van der Waals surface area contributed by atoms with Gasteiger partial charge in [0.05, 0.1) is 40.7 Å². The number of aldehydes is 1. The van der Waals surface area contributed by atoms with Crippen molar-refractivity contribution in [2.45, 2.75) is 38.3 Å². The Kier molecular flexibility index (Phi) is 4.10. The van der Waals surface area contributed by atoms with Crippen molar-refractivity contribution in [1.29, 1.82) is 5.26 Å². The van der Waals surface area contributed by atoms with Crippen LogP contribution in [0.1, 0.15) is 43.2 Å².